The molecule has 1 unspecified atom stereocenters. The number of halogens is 1. The van der Waals surface area contributed by atoms with Gasteiger partial charge in [0.1, 0.15) is 5.82 Å². The van der Waals surface area contributed by atoms with Crippen molar-refractivity contribution in [2.24, 2.45) is 0 Å². The Morgan fingerprint density at radius 3 is 2.50 bits per heavy atom. The number of rotatable bonds is 6. The van der Waals surface area contributed by atoms with Gasteiger partial charge in [-0.05, 0) is 17.7 Å². The van der Waals surface area contributed by atoms with Crippen LogP contribution in [0.4, 0.5) is 9.18 Å². The van der Waals surface area contributed by atoms with Crippen molar-refractivity contribution in [1.82, 2.24) is 4.90 Å². The van der Waals surface area contributed by atoms with Gasteiger partial charge in [-0.3, -0.25) is 0 Å². The molecule has 0 spiro atoms. The van der Waals surface area contributed by atoms with Crippen LogP contribution in [0.1, 0.15) is 5.56 Å². The summed E-state index contributed by atoms with van der Waals surface area (Å²) in [6.45, 7) is -0.0844. The zero-order valence-electron chi connectivity index (χ0n) is 10.0. The molecule has 0 heterocycles. The molecule has 0 radical (unpaired) electrons. The van der Waals surface area contributed by atoms with E-state index in [9.17, 15) is 9.18 Å². The summed E-state index contributed by atoms with van der Waals surface area (Å²) in [6.07, 6.45) is -1.68. The average Bonchev–Trinajstić information content (AvgIpc) is 2.36. The van der Waals surface area contributed by atoms with Crippen molar-refractivity contribution in [3.63, 3.8) is 0 Å². The van der Waals surface area contributed by atoms with Crippen LogP contribution in [0.25, 0.3) is 0 Å². The fourth-order valence-corrected chi connectivity index (χ4v) is 1.47. The first-order valence-corrected chi connectivity index (χ1v) is 5.42. The van der Waals surface area contributed by atoms with Crippen LogP contribution in [0.2, 0.25) is 0 Å². The fraction of sp³-hybridized carbons (Fsp3) is 0.417. The Morgan fingerprint density at radius 2 is 2.06 bits per heavy atom. The van der Waals surface area contributed by atoms with Gasteiger partial charge in [0.2, 0.25) is 0 Å². The molecule has 2 N–H and O–H groups in total. The van der Waals surface area contributed by atoms with Crippen molar-refractivity contribution < 1.29 is 24.1 Å². The van der Waals surface area contributed by atoms with E-state index in [1.165, 1.54) is 31.4 Å². The lowest BCUT2D eigenvalue weighted by Crippen LogP contribution is -2.38. The molecule has 1 rings (SSSR count). The highest BCUT2D eigenvalue weighted by Crippen LogP contribution is 2.08. The Hall–Kier alpha value is -1.66. The summed E-state index contributed by atoms with van der Waals surface area (Å²) >= 11 is 0. The lowest BCUT2D eigenvalue weighted by atomic mass is 10.2. The maximum absolute atomic E-state index is 12.7. The Bertz CT molecular complexity index is 378. The minimum Gasteiger partial charge on any atom is -0.465 e. The summed E-state index contributed by atoms with van der Waals surface area (Å²) in [5.41, 5.74) is 0.673. The van der Waals surface area contributed by atoms with Gasteiger partial charge in [0.25, 0.3) is 0 Å². The van der Waals surface area contributed by atoms with E-state index < -0.39 is 12.2 Å². The van der Waals surface area contributed by atoms with E-state index >= 15 is 0 Å². The van der Waals surface area contributed by atoms with Crippen LogP contribution in [-0.4, -0.2) is 47.6 Å². The molecule has 0 aliphatic carbocycles. The van der Waals surface area contributed by atoms with Gasteiger partial charge < -0.3 is 19.8 Å². The molecule has 1 amide bonds. The molecular formula is C12H16FNO4. The Labute approximate surface area is 104 Å². The van der Waals surface area contributed by atoms with E-state index in [4.69, 9.17) is 14.9 Å². The zero-order valence-corrected chi connectivity index (χ0v) is 10.0. The molecule has 1 aromatic rings. The van der Waals surface area contributed by atoms with E-state index in [1.54, 1.807) is 0 Å². The van der Waals surface area contributed by atoms with Crippen LogP contribution in [0.15, 0.2) is 24.3 Å². The van der Waals surface area contributed by atoms with Gasteiger partial charge >= 0.3 is 6.09 Å². The predicted molar refractivity (Wildman–Crippen MR) is 62.7 cm³/mol. The van der Waals surface area contributed by atoms with Gasteiger partial charge in [-0.15, -0.1) is 0 Å². The summed E-state index contributed by atoms with van der Waals surface area (Å²) < 4.78 is 17.6. The van der Waals surface area contributed by atoms with Crippen LogP contribution in [0.5, 0.6) is 0 Å². The molecule has 6 heteroatoms. The van der Waals surface area contributed by atoms with Crippen molar-refractivity contribution in [2.45, 2.75) is 12.6 Å². The van der Waals surface area contributed by atoms with Crippen LogP contribution >= 0.6 is 0 Å². The molecule has 5 nitrogen and oxygen atoms in total. The van der Waals surface area contributed by atoms with Crippen LogP contribution in [0, 0.1) is 5.82 Å². The van der Waals surface area contributed by atoms with Gasteiger partial charge in [0, 0.05) is 13.7 Å². The van der Waals surface area contributed by atoms with Gasteiger partial charge in [-0.25, -0.2) is 9.18 Å². The van der Waals surface area contributed by atoms with Crippen molar-refractivity contribution in [1.29, 1.82) is 0 Å². The first kappa shape index (κ1) is 14.4. The van der Waals surface area contributed by atoms with Crippen LogP contribution in [-0.2, 0) is 11.3 Å². The molecule has 0 aromatic heterocycles. The monoisotopic (exact) mass is 257 g/mol. The number of benzene rings is 1. The van der Waals surface area contributed by atoms with Gasteiger partial charge in [-0.2, -0.15) is 0 Å². The normalized spacial score (nSPS) is 12.2. The molecule has 0 saturated carbocycles. The largest absolute Gasteiger partial charge is 0.465 e. The number of ether oxygens (including phenoxy) is 1. The molecule has 1 atom stereocenters. The quantitative estimate of drug-likeness (QED) is 0.806. The molecule has 0 fully saturated rings. The highest BCUT2D eigenvalue weighted by Gasteiger charge is 2.17. The number of amides is 1. The third kappa shape index (κ3) is 4.31. The number of aliphatic hydroxyl groups is 1. The molecular weight excluding hydrogens is 241 g/mol. The second-order valence-electron chi connectivity index (χ2n) is 3.83. The Kier molecular flexibility index (Phi) is 5.54. The topological polar surface area (TPSA) is 70.0 Å². The number of hydrogen-bond donors (Lipinski definition) is 2. The van der Waals surface area contributed by atoms with E-state index in [0.717, 1.165) is 4.90 Å². The molecule has 0 aliphatic heterocycles. The van der Waals surface area contributed by atoms with E-state index in [-0.39, 0.29) is 25.5 Å². The van der Waals surface area contributed by atoms with E-state index in [1.807, 2.05) is 0 Å². The molecule has 0 saturated heterocycles. The van der Waals surface area contributed by atoms with Crippen molar-refractivity contribution in [3.8, 4) is 0 Å². The molecule has 0 bridgehead atoms. The fourth-order valence-electron chi connectivity index (χ4n) is 1.47. The number of carbonyl (C=O) groups is 1. The first-order chi connectivity index (χ1) is 8.56. The lowest BCUT2D eigenvalue weighted by Gasteiger charge is -2.23. The third-order valence-electron chi connectivity index (χ3n) is 2.52. The maximum Gasteiger partial charge on any atom is 0.407 e. The minimum atomic E-state index is -1.12. The summed E-state index contributed by atoms with van der Waals surface area (Å²) in [5, 5.41) is 18.0. The van der Waals surface area contributed by atoms with Crippen LogP contribution in [0.3, 0.4) is 0 Å². The van der Waals surface area contributed by atoms with Crippen molar-refractivity contribution >= 4 is 6.09 Å². The number of hydrogen-bond acceptors (Lipinski definition) is 3. The predicted octanol–water partition coefficient (Wildman–Crippen LogP) is 1.31. The highest BCUT2D eigenvalue weighted by atomic mass is 19.1. The molecule has 0 aliphatic rings. The van der Waals surface area contributed by atoms with Crippen molar-refractivity contribution in [2.75, 3.05) is 20.3 Å². The Morgan fingerprint density at radius 1 is 1.44 bits per heavy atom. The van der Waals surface area contributed by atoms with Gasteiger partial charge in [-0.1, -0.05) is 12.1 Å². The summed E-state index contributed by atoms with van der Waals surface area (Å²) in [5.74, 6) is -0.370. The Balaban J connectivity index is 2.68. The lowest BCUT2D eigenvalue weighted by molar-refractivity contribution is 0.0220. The molecule has 100 valence electrons. The summed E-state index contributed by atoms with van der Waals surface area (Å²) in [6, 6.07) is 5.59. The highest BCUT2D eigenvalue weighted by molar-refractivity contribution is 5.65. The number of methoxy groups -OCH3 is 1. The molecule has 18 heavy (non-hydrogen) atoms. The number of nitrogens with zero attached hydrogens (tertiary/aromatic N) is 1. The smallest absolute Gasteiger partial charge is 0.407 e. The van der Waals surface area contributed by atoms with Gasteiger partial charge in [0.05, 0.1) is 19.3 Å². The average molecular weight is 257 g/mol. The number of aliphatic hydroxyl groups excluding tert-OH is 1. The maximum atomic E-state index is 12.7. The number of carboxylic acid groups (broad SMARTS) is 1. The summed E-state index contributed by atoms with van der Waals surface area (Å²) in [7, 11) is 1.40. The first-order valence-electron chi connectivity index (χ1n) is 5.42. The van der Waals surface area contributed by atoms with E-state index in [2.05, 4.69) is 0 Å². The van der Waals surface area contributed by atoms with Crippen LogP contribution < -0.4 is 0 Å². The minimum absolute atomic E-state index is 0.0553. The summed E-state index contributed by atoms with van der Waals surface area (Å²) in [4.78, 5) is 12.2. The van der Waals surface area contributed by atoms with E-state index in [0.29, 0.717) is 5.56 Å². The third-order valence-corrected chi connectivity index (χ3v) is 2.52. The SMILES string of the molecule is COC(CO)CN(Cc1ccc(F)cc1)C(=O)O. The second kappa shape index (κ2) is 6.93. The second-order valence-corrected chi connectivity index (χ2v) is 3.83. The van der Waals surface area contributed by atoms with Crippen molar-refractivity contribution in [3.05, 3.63) is 35.6 Å². The standard InChI is InChI=1S/C12H16FNO4/c1-18-11(8-15)7-14(12(16)17)6-9-2-4-10(13)5-3-9/h2-5,11,15H,6-8H2,1H3,(H,16,17). The van der Waals surface area contributed by atoms with Gasteiger partial charge in [0.15, 0.2) is 0 Å². The zero-order chi connectivity index (χ0) is 13.5. The molecule has 1 aromatic carbocycles.